The SMILES string of the molecule is O=C(O)C(O)c1ccn2cnccc12. The van der Waals surface area contributed by atoms with E-state index in [-0.39, 0.29) is 0 Å². The van der Waals surface area contributed by atoms with E-state index in [4.69, 9.17) is 5.11 Å². The standard InChI is InChI=1S/C9H8N2O3/c12-8(9(13)14)6-2-4-11-5-10-3-1-7(6)11/h1-5,8,12H,(H,13,14). The van der Waals surface area contributed by atoms with Gasteiger partial charge >= 0.3 is 5.97 Å². The fraction of sp³-hybridized carbons (Fsp3) is 0.111. The van der Waals surface area contributed by atoms with Gasteiger partial charge < -0.3 is 14.6 Å². The van der Waals surface area contributed by atoms with Crippen molar-refractivity contribution in [3.63, 3.8) is 0 Å². The molecule has 5 nitrogen and oxygen atoms in total. The zero-order valence-corrected chi connectivity index (χ0v) is 7.16. The van der Waals surface area contributed by atoms with Gasteiger partial charge in [0.25, 0.3) is 0 Å². The lowest BCUT2D eigenvalue weighted by Crippen LogP contribution is -2.09. The molecule has 0 aliphatic rings. The summed E-state index contributed by atoms with van der Waals surface area (Å²) in [5.74, 6) is -1.25. The number of hydrogen-bond acceptors (Lipinski definition) is 3. The highest BCUT2D eigenvalue weighted by atomic mass is 16.4. The third-order valence-electron chi connectivity index (χ3n) is 2.03. The molecule has 2 aromatic heterocycles. The Labute approximate surface area is 79.2 Å². The monoisotopic (exact) mass is 192 g/mol. The van der Waals surface area contributed by atoms with Crippen LogP contribution < -0.4 is 0 Å². The van der Waals surface area contributed by atoms with E-state index >= 15 is 0 Å². The summed E-state index contributed by atoms with van der Waals surface area (Å²) in [5.41, 5.74) is 1.02. The van der Waals surface area contributed by atoms with Crippen molar-refractivity contribution in [2.45, 2.75) is 6.10 Å². The maximum Gasteiger partial charge on any atom is 0.337 e. The first-order valence-electron chi connectivity index (χ1n) is 4.01. The smallest absolute Gasteiger partial charge is 0.337 e. The minimum absolute atomic E-state index is 0.375. The number of aliphatic hydroxyl groups is 1. The third kappa shape index (κ3) is 1.23. The lowest BCUT2D eigenvalue weighted by atomic mass is 10.1. The topological polar surface area (TPSA) is 74.8 Å². The third-order valence-corrected chi connectivity index (χ3v) is 2.03. The van der Waals surface area contributed by atoms with Crippen molar-refractivity contribution in [3.8, 4) is 0 Å². The molecule has 2 heterocycles. The summed E-state index contributed by atoms with van der Waals surface area (Å²) in [7, 11) is 0. The molecule has 2 aromatic rings. The molecule has 5 heteroatoms. The van der Waals surface area contributed by atoms with Crippen LogP contribution in [0.2, 0.25) is 0 Å². The van der Waals surface area contributed by atoms with E-state index in [1.54, 1.807) is 35.3 Å². The van der Waals surface area contributed by atoms with Crippen LogP contribution in [-0.4, -0.2) is 25.6 Å². The van der Waals surface area contributed by atoms with Gasteiger partial charge in [-0.3, -0.25) is 0 Å². The average Bonchev–Trinajstić information content (AvgIpc) is 2.60. The second-order valence-electron chi connectivity index (χ2n) is 2.88. The van der Waals surface area contributed by atoms with E-state index in [1.165, 1.54) is 0 Å². The molecule has 2 rings (SSSR count). The summed E-state index contributed by atoms with van der Waals surface area (Å²) in [6.07, 6.45) is 3.27. The summed E-state index contributed by atoms with van der Waals surface area (Å²) in [6, 6.07) is 3.22. The predicted octanol–water partition coefficient (Wildman–Crippen LogP) is 0.452. The number of aliphatic hydroxyl groups excluding tert-OH is 1. The maximum absolute atomic E-state index is 10.6. The van der Waals surface area contributed by atoms with Gasteiger partial charge in [0, 0.05) is 18.0 Å². The number of fused-ring (bicyclic) bond motifs is 1. The summed E-state index contributed by atoms with van der Waals surface area (Å²) >= 11 is 0. The van der Waals surface area contributed by atoms with Crippen LogP contribution in [0, 0.1) is 0 Å². The first kappa shape index (κ1) is 8.71. The average molecular weight is 192 g/mol. The molecule has 2 N–H and O–H groups in total. The van der Waals surface area contributed by atoms with Gasteiger partial charge in [-0.1, -0.05) is 0 Å². The molecule has 72 valence electrons. The molecule has 0 spiro atoms. The summed E-state index contributed by atoms with van der Waals surface area (Å²) in [5, 5.41) is 18.0. The van der Waals surface area contributed by atoms with Gasteiger partial charge in [-0.25, -0.2) is 9.78 Å². The quantitative estimate of drug-likeness (QED) is 0.724. The molecule has 1 unspecified atom stereocenters. The highest BCUT2D eigenvalue weighted by Gasteiger charge is 2.18. The number of carboxylic acid groups (broad SMARTS) is 1. The molecule has 0 amide bonds. The van der Waals surface area contributed by atoms with E-state index in [9.17, 15) is 9.90 Å². The zero-order valence-electron chi connectivity index (χ0n) is 7.16. The Balaban J connectivity index is 2.58. The van der Waals surface area contributed by atoms with Gasteiger partial charge in [0.15, 0.2) is 6.10 Å². The molecule has 0 saturated carbocycles. The second-order valence-corrected chi connectivity index (χ2v) is 2.88. The van der Waals surface area contributed by atoms with Gasteiger partial charge in [-0.2, -0.15) is 0 Å². The van der Waals surface area contributed by atoms with Crippen molar-refractivity contribution in [1.29, 1.82) is 0 Å². The molecular weight excluding hydrogens is 184 g/mol. The Kier molecular flexibility index (Phi) is 1.94. The number of rotatable bonds is 2. The van der Waals surface area contributed by atoms with Crippen LogP contribution >= 0.6 is 0 Å². The van der Waals surface area contributed by atoms with Crippen molar-refractivity contribution in [3.05, 3.63) is 36.4 Å². The fourth-order valence-corrected chi connectivity index (χ4v) is 1.35. The molecule has 0 aliphatic heterocycles. The number of carbonyl (C=O) groups is 1. The van der Waals surface area contributed by atoms with Crippen molar-refractivity contribution >= 4 is 11.5 Å². The van der Waals surface area contributed by atoms with Crippen LogP contribution in [0.25, 0.3) is 5.52 Å². The van der Waals surface area contributed by atoms with Crippen molar-refractivity contribution < 1.29 is 15.0 Å². The molecule has 0 fully saturated rings. The lowest BCUT2D eigenvalue weighted by molar-refractivity contribution is -0.146. The van der Waals surface area contributed by atoms with Crippen LogP contribution in [0.4, 0.5) is 0 Å². The minimum atomic E-state index is -1.48. The van der Waals surface area contributed by atoms with Crippen LogP contribution in [0.1, 0.15) is 11.7 Å². The van der Waals surface area contributed by atoms with Crippen molar-refractivity contribution in [1.82, 2.24) is 9.38 Å². The molecule has 0 aliphatic carbocycles. The first-order chi connectivity index (χ1) is 6.70. The van der Waals surface area contributed by atoms with Gasteiger partial charge in [-0.15, -0.1) is 0 Å². The van der Waals surface area contributed by atoms with E-state index in [0.717, 1.165) is 0 Å². The minimum Gasteiger partial charge on any atom is -0.479 e. The molecule has 0 saturated heterocycles. The highest BCUT2D eigenvalue weighted by Crippen LogP contribution is 2.19. The Hall–Kier alpha value is -1.88. The molecule has 0 radical (unpaired) electrons. The number of aromatic nitrogens is 2. The molecule has 0 bridgehead atoms. The van der Waals surface area contributed by atoms with Gasteiger partial charge in [-0.05, 0) is 12.1 Å². The first-order valence-corrected chi connectivity index (χ1v) is 4.01. The number of carboxylic acids is 1. The van der Waals surface area contributed by atoms with Gasteiger partial charge in [0.2, 0.25) is 0 Å². The van der Waals surface area contributed by atoms with Crippen LogP contribution in [0.5, 0.6) is 0 Å². The fourth-order valence-electron chi connectivity index (χ4n) is 1.35. The second kappa shape index (κ2) is 3.12. The highest BCUT2D eigenvalue weighted by molar-refractivity contribution is 5.78. The van der Waals surface area contributed by atoms with E-state index in [2.05, 4.69) is 4.98 Å². The zero-order chi connectivity index (χ0) is 10.1. The number of nitrogens with zero attached hydrogens (tertiary/aromatic N) is 2. The normalized spacial score (nSPS) is 12.9. The summed E-state index contributed by atoms with van der Waals surface area (Å²) in [4.78, 5) is 14.4. The van der Waals surface area contributed by atoms with Crippen LogP contribution in [0.15, 0.2) is 30.9 Å². The Morgan fingerprint density at radius 3 is 3.00 bits per heavy atom. The molecule has 1 atom stereocenters. The Morgan fingerprint density at radius 2 is 2.29 bits per heavy atom. The van der Waals surface area contributed by atoms with Crippen molar-refractivity contribution in [2.75, 3.05) is 0 Å². The summed E-state index contributed by atoms with van der Waals surface area (Å²) < 4.78 is 1.65. The largest absolute Gasteiger partial charge is 0.479 e. The summed E-state index contributed by atoms with van der Waals surface area (Å²) in [6.45, 7) is 0. The van der Waals surface area contributed by atoms with E-state index in [1.807, 2.05) is 0 Å². The van der Waals surface area contributed by atoms with Gasteiger partial charge in [0.1, 0.15) is 0 Å². The predicted molar refractivity (Wildman–Crippen MR) is 47.8 cm³/mol. The number of hydrogen-bond donors (Lipinski definition) is 2. The Bertz CT molecular complexity index is 478. The van der Waals surface area contributed by atoms with E-state index < -0.39 is 12.1 Å². The van der Waals surface area contributed by atoms with Crippen molar-refractivity contribution in [2.24, 2.45) is 0 Å². The lowest BCUT2D eigenvalue weighted by Gasteiger charge is -2.03. The molecular formula is C9H8N2O3. The van der Waals surface area contributed by atoms with Crippen LogP contribution in [0.3, 0.4) is 0 Å². The van der Waals surface area contributed by atoms with E-state index in [0.29, 0.717) is 11.1 Å². The molecule has 14 heavy (non-hydrogen) atoms. The molecule has 0 aromatic carbocycles. The Morgan fingerprint density at radius 1 is 1.50 bits per heavy atom. The van der Waals surface area contributed by atoms with Gasteiger partial charge in [0.05, 0.1) is 11.8 Å². The number of aliphatic carboxylic acids is 1. The van der Waals surface area contributed by atoms with Crippen LogP contribution in [-0.2, 0) is 4.79 Å². The maximum atomic E-state index is 10.6.